The van der Waals surface area contributed by atoms with E-state index in [-0.39, 0.29) is 5.82 Å². The molecule has 1 heterocycles. The summed E-state index contributed by atoms with van der Waals surface area (Å²) in [5.41, 5.74) is 1.57. The molecule has 0 amide bonds. The molecule has 0 spiro atoms. The highest BCUT2D eigenvalue weighted by atomic mass is 35.5. The Morgan fingerprint density at radius 1 is 0.955 bits per heavy atom. The average Bonchev–Trinajstić information content (AvgIpc) is 2.98. The van der Waals surface area contributed by atoms with Gasteiger partial charge in [-0.1, -0.05) is 23.2 Å². The monoisotopic (exact) mass is 335 g/mol. The topological polar surface area (TPSA) is 25.2 Å². The predicted molar refractivity (Wildman–Crippen MR) is 87.9 cm³/mol. The summed E-state index contributed by atoms with van der Waals surface area (Å²) < 4.78 is 18.7. The van der Waals surface area contributed by atoms with Crippen LogP contribution >= 0.6 is 23.2 Å². The van der Waals surface area contributed by atoms with Crippen LogP contribution in [0.15, 0.2) is 59.0 Å². The van der Waals surface area contributed by atoms with Crippen molar-refractivity contribution in [2.24, 2.45) is 0 Å². The summed E-state index contributed by atoms with van der Waals surface area (Å²) in [4.78, 5) is 0. The van der Waals surface area contributed by atoms with E-state index >= 15 is 0 Å². The van der Waals surface area contributed by atoms with Crippen molar-refractivity contribution in [1.82, 2.24) is 0 Å². The van der Waals surface area contributed by atoms with Gasteiger partial charge in [-0.3, -0.25) is 0 Å². The number of hydrogen-bond acceptors (Lipinski definition) is 2. The minimum Gasteiger partial charge on any atom is -0.459 e. The Labute approximate surface area is 137 Å². The lowest BCUT2D eigenvalue weighted by atomic mass is 10.2. The van der Waals surface area contributed by atoms with Crippen molar-refractivity contribution < 1.29 is 8.81 Å². The zero-order chi connectivity index (χ0) is 15.5. The van der Waals surface area contributed by atoms with E-state index in [4.69, 9.17) is 27.6 Å². The van der Waals surface area contributed by atoms with Crippen LogP contribution in [0.4, 0.5) is 10.1 Å². The zero-order valence-corrected chi connectivity index (χ0v) is 13.0. The summed E-state index contributed by atoms with van der Waals surface area (Å²) in [7, 11) is 0. The molecule has 3 aromatic rings. The van der Waals surface area contributed by atoms with Gasteiger partial charge >= 0.3 is 0 Å². The fraction of sp³-hybridized carbons (Fsp3) is 0.0588. The van der Waals surface area contributed by atoms with Crippen molar-refractivity contribution in [2.75, 3.05) is 5.32 Å². The number of furan rings is 1. The van der Waals surface area contributed by atoms with Gasteiger partial charge in [0, 0.05) is 10.6 Å². The molecule has 2 aromatic carbocycles. The van der Waals surface area contributed by atoms with Crippen molar-refractivity contribution in [3.05, 3.63) is 76.2 Å². The molecule has 0 atom stereocenters. The van der Waals surface area contributed by atoms with E-state index in [1.165, 1.54) is 12.1 Å². The zero-order valence-electron chi connectivity index (χ0n) is 11.4. The first-order valence-electron chi connectivity index (χ1n) is 6.65. The molecule has 22 heavy (non-hydrogen) atoms. The Hall–Kier alpha value is -1.97. The third-order valence-corrected chi connectivity index (χ3v) is 3.74. The molecule has 5 heteroatoms. The van der Waals surface area contributed by atoms with Crippen LogP contribution < -0.4 is 5.32 Å². The molecule has 0 saturated heterocycles. The van der Waals surface area contributed by atoms with Gasteiger partial charge in [0.15, 0.2) is 0 Å². The Morgan fingerprint density at radius 2 is 1.73 bits per heavy atom. The summed E-state index contributed by atoms with van der Waals surface area (Å²) >= 11 is 12.0. The van der Waals surface area contributed by atoms with E-state index in [0.29, 0.717) is 22.4 Å². The van der Waals surface area contributed by atoms with Crippen LogP contribution in [0.25, 0.3) is 11.3 Å². The predicted octanol–water partition coefficient (Wildman–Crippen LogP) is 6.00. The standard InChI is InChI=1S/C17H12Cl2FNO/c18-12-3-7-15(19)16(9-12)21-10-14-6-8-17(22-14)11-1-4-13(20)5-2-11/h1-9,21H,10H2. The van der Waals surface area contributed by atoms with Crippen LogP contribution in [0.3, 0.4) is 0 Å². The molecule has 1 aromatic heterocycles. The van der Waals surface area contributed by atoms with E-state index in [1.807, 2.05) is 12.1 Å². The molecule has 0 saturated carbocycles. The maximum absolute atomic E-state index is 12.9. The smallest absolute Gasteiger partial charge is 0.134 e. The number of benzene rings is 2. The van der Waals surface area contributed by atoms with Gasteiger partial charge < -0.3 is 9.73 Å². The van der Waals surface area contributed by atoms with E-state index in [0.717, 1.165) is 17.0 Å². The third-order valence-electron chi connectivity index (χ3n) is 3.17. The molecule has 0 aliphatic carbocycles. The average molecular weight is 336 g/mol. The number of hydrogen-bond donors (Lipinski definition) is 1. The van der Waals surface area contributed by atoms with E-state index < -0.39 is 0 Å². The molecule has 1 N–H and O–H groups in total. The quantitative estimate of drug-likeness (QED) is 0.632. The van der Waals surface area contributed by atoms with Gasteiger partial charge in [-0.2, -0.15) is 0 Å². The Kier molecular flexibility index (Phi) is 4.36. The number of anilines is 1. The molecule has 0 aliphatic rings. The molecule has 2 nitrogen and oxygen atoms in total. The fourth-order valence-electron chi connectivity index (χ4n) is 2.06. The SMILES string of the molecule is Fc1ccc(-c2ccc(CNc3cc(Cl)ccc3Cl)o2)cc1. The highest BCUT2D eigenvalue weighted by Crippen LogP contribution is 2.27. The summed E-state index contributed by atoms with van der Waals surface area (Å²) in [5, 5.41) is 4.38. The van der Waals surface area contributed by atoms with Gasteiger partial charge in [0.1, 0.15) is 17.3 Å². The molecule has 0 radical (unpaired) electrons. The first-order valence-corrected chi connectivity index (χ1v) is 7.41. The van der Waals surface area contributed by atoms with Gasteiger partial charge in [0.05, 0.1) is 17.3 Å². The normalized spacial score (nSPS) is 10.7. The third kappa shape index (κ3) is 3.43. The lowest BCUT2D eigenvalue weighted by Crippen LogP contribution is -1.98. The van der Waals surface area contributed by atoms with Gasteiger partial charge in [-0.15, -0.1) is 0 Å². The van der Waals surface area contributed by atoms with Crippen LogP contribution in [0, 0.1) is 5.82 Å². The highest BCUT2D eigenvalue weighted by molar-refractivity contribution is 6.35. The van der Waals surface area contributed by atoms with Crippen LogP contribution in [0.1, 0.15) is 5.76 Å². The number of rotatable bonds is 4. The van der Waals surface area contributed by atoms with Gasteiger partial charge in [0.2, 0.25) is 0 Å². The minimum atomic E-state index is -0.271. The maximum Gasteiger partial charge on any atom is 0.134 e. The lowest BCUT2D eigenvalue weighted by Gasteiger charge is -2.07. The number of halogens is 3. The molecule has 112 valence electrons. The summed E-state index contributed by atoms with van der Waals surface area (Å²) in [6.45, 7) is 0.473. The van der Waals surface area contributed by atoms with E-state index in [2.05, 4.69) is 5.32 Å². The largest absolute Gasteiger partial charge is 0.459 e. The van der Waals surface area contributed by atoms with Crippen LogP contribution in [0.5, 0.6) is 0 Å². The number of nitrogens with one attached hydrogen (secondary N) is 1. The highest BCUT2D eigenvalue weighted by Gasteiger charge is 2.06. The molecular weight excluding hydrogens is 324 g/mol. The summed E-state index contributed by atoms with van der Waals surface area (Å²) in [6, 6.07) is 15.1. The second-order valence-corrected chi connectivity index (χ2v) is 5.59. The second-order valence-electron chi connectivity index (χ2n) is 4.75. The Bertz CT molecular complexity index is 784. The first kappa shape index (κ1) is 14.9. The van der Waals surface area contributed by atoms with Crippen LogP contribution in [-0.2, 0) is 6.54 Å². The molecule has 0 aliphatic heterocycles. The van der Waals surface area contributed by atoms with E-state index in [1.54, 1.807) is 30.3 Å². The van der Waals surface area contributed by atoms with Crippen molar-refractivity contribution in [3.63, 3.8) is 0 Å². The molecule has 3 rings (SSSR count). The molecule has 0 fully saturated rings. The Balaban J connectivity index is 1.72. The van der Waals surface area contributed by atoms with Crippen molar-refractivity contribution in [3.8, 4) is 11.3 Å². The molecular formula is C17H12Cl2FNO. The van der Waals surface area contributed by atoms with Gasteiger partial charge in [-0.05, 0) is 54.6 Å². The van der Waals surface area contributed by atoms with Gasteiger partial charge in [-0.25, -0.2) is 4.39 Å². The lowest BCUT2D eigenvalue weighted by molar-refractivity contribution is 0.531. The van der Waals surface area contributed by atoms with Crippen LogP contribution in [0.2, 0.25) is 10.0 Å². The second kappa shape index (κ2) is 6.42. The summed E-state index contributed by atoms with van der Waals surface area (Å²) in [5.74, 6) is 1.16. The van der Waals surface area contributed by atoms with Crippen molar-refractivity contribution in [1.29, 1.82) is 0 Å². The van der Waals surface area contributed by atoms with Crippen LogP contribution in [-0.4, -0.2) is 0 Å². The van der Waals surface area contributed by atoms with E-state index in [9.17, 15) is 4.39 Å². The van der Waals surface area contributed by atoms with Gasteiger partial charge in [0.25, 0.3) is 0 Å². The van der Waals surface area contributed by atoms with Crippen molar-refractivity contribution in [2.45, 2.75) is 6.54 Å². The first-order chi connectivity index (χ1) is 10.6. The summed E-state index contributed by atoms with van der Waals surface area (Å²) in [6.07, 6.45) is 0. The molecule has 0 unspecified atom stereocenters. The Morgan fingerprint density at radius 3 is 2.50 bits per heavy atom. The fourth-order valence-corrected chi connectivity index (χ4v) is 2.41. The molecule has 0 bridgehead atoms. The van der Waals surface area contributed by atoms with Crippen molar-refractivity contribution >= 4 is 28.9 Å². The minimum absolute atomic E-state index is 0.271. The maximum atomic E-state index is 12.9.